The van der Waals surface area contributed by atoms with Crippen LogP contribution in [0.25, 0.3) is 5.76 Å². The first-order valence-electron chi connectivity index (χ1n) is 10.0. The number of likely N-dealkylation sites (tertiary alicyclic amines) is 1. The lowest BCUT2D eigenvalue weighted by Gasteiger charge is -2.25. The van der Waals surface area contributed by atoms with E-state index in [-0.39, 0.29) is 36.0 Å². The smallest absolute Gasteiger partial charge is 0.295 e. The van der Waals surface area contributed by atoms with E-state index >= 15 is 0 Å². The predicted octanol–water partition coefficient (Wildman–Crippen LogP) is 3.09. The number of rotatable bonds is 7. The van der Waals surface area contributed by atoms with Crippen molar-refractivity contribution in [1.29, 1.82) is 0 Å². The van der Waals surface area contributed by atoms with Crippen LogP contribution in [0, 0.1) is 13.8 Å². The molecule has 8 nitrogen and oxygen atoms in total. The third-order valence-corrected chi connectivity index (χ3v) is 5.47. The highest BCUT2D eigenvalue weighted by Crippen LogP contribution is 2.43. The summed E-state index contributed by atoms with van der Waals surface area (Å²) in [7, 11) is 4.39. The molecule has 1 heterocycles. The van der Waals surface area contributed by atoms with Gasteiger partial charge in [0.15, 0.2) is 11.5 Å². The molecule has 0 radical (unpaired) electrons. The summed E-state index contributed by atoms with van der Waals surface area (Å²) in [6.07, 6.45) is 0. The van der Waals surface area contributed by atoms with Crippen LogP contribution in [0.3, 0.4) is 0 Å². The summed E-state index contributed by atoms with van der Waals surface area (Å²) >= 11 is 0. The van der Waals surface area contributed by atoms with Crippen molar-refractivity contribution in [3.8, 4) is 17.2 Å². The lowest BCUT2D eigenvalue weighted by Crippen LogP contribution is -2.32. The molecule has 1 aliphatic heterocycles. The average molecular weight is 441 g/mol. The lowest BCUT2D eigenvalue weighted by molar-refractivity contribution is -0.140. The molecule has 0 aliphatic carbocycles. The summed E-state index contributed by atoms with van der Waals surface area (Å²) < 4.78 is 15.7. The number of carbonyl (C=O) groups is 2. The number of aliphatic hydroxyl groups excluding tert-OH is 1. The molecule has 2 aromatic rings. The minimum Gasteiger partial charge on any atom is -0.507 e. The van der Waals surface area contributed by atoms with Gasteiger partial charge in [0.25, 0.3) is 11.7 Å². The molecule has 1 aliphatic rings. The van der Waals surface area contributed by atoms with Gasteiger partial charge in [0.1, 0.15) is 11.5 Å². The number of aliphatic hydroxyl groups is 1. The number of phenolic OH excluding ortho intramolecular Hbond substituents is 1. The van der Waals surface area contributed by atoms with Gasteiger partial charge in [-0.25, -0.2) is 0 Å². The van der Waals surface area contributed by atoms with Crippen molar-refractivity contribution < 1.29 is 34.0 Å². The average Bonchev–Trinajstić information content (AvgIpc) is 3.01. The number of Topliss-reactive ketones (excluding diaryl/α,β-unsaturated/α-hetero) is 1. The maximum atomic E-state index is 13.1. The SMILES string of the molecule is COCCN1C(=O)C(=O)/C(=C(/O)c2cc(C)cc(C)c2OC)C1c1ccc(OC)c(O)c1. The fourth-order valence-corrected chi connectivity index (χ4v) is 4.07. The maximum absolute atomic E-state index is 13.1. The first-order valence-corrected chi connectivity index (χ1v) is 10.0. The highest BCUT2D eigenvalue weighted by Gasteiger charge is 2.46. The summed E-state index contributed by atoms with van der Waals surface area (Å²) in [5, 5.41) is 21.6. The third-order valence-electron chi connectivity index (χ3n) is 5.47. The van der Waals surface area contributed by atoms with Crippen LogP contribution in [0.1, 0.15) is 28.3 Å². The molecule has 1 fully saturated rings. The minimum absolute atomic E-state index is 0.0843. The quantitative estimate of drug-likeness (QED) is 0.386. The number of carbonyl (C=O) groups excluding carboxylic acids is 2. The number of nitrogens with zero attached hydrogens (tertiary/aromatic N) is 1. The molecule has 8 heteroatoms. The number of hydrogen-bond acceptors (Lipinski definition) is 7. The zero-order valence-electron chi connectivity index (χ0n) is 18.8. The molecule has 1 amide bonds. The maximum Gasteiger partial charge on any atom is 0.295 e. The van der Waals surface area contributed by atoms with Gasteiger partial charge in [-0.2, -0.15) is 0 Å². The van der Waals surface area contributed by atoms with Gasteiger partial charge in [-0.3, -0.25) is 9.59 Å². The van der Waals surface area contributed by atoms with E-state index in [1.54, 1.807) is 18.2 Å². The Morgan fingerprint density at radius 3 is 2.38 bits per heavy atom. The normalized spacial score (nSPS) is 17.7. The van der Waals surface area contributed by atoms with Crippen LogP contribution in [0.5, 0.6) is 17.2 Å². The van der Waals surface area contributed by atoms with Crippen molar-refractivity contribution in [2.45, 2.75) is 19.9 Å². The summed E-state index contributed by atoms with van der Waals surface area (Å²) in [6, 6.07) is 7.27. The molecule has 2 N–H and O–H groups in total. The van der Waals surface area contributed by atoms with E-state index in [1.807, 2.05) is 19.9 Å². The molecule has 1 unspecified atom stereocenters. The summed E-state index contributed by atoms with van der Waals surface area (Å²) in [5.41, 5.74) is 2.32. The molecule has 1 atom stereocenters. The molecule has 1 saturated heterocycles. The first-order chi connectivity index (χ1) is 15.2. The Morgan fingerprint density at radius 2 is 1.78 bits per heavy atom. The van der Waals surface area contributed by atoms with Gasteiger partial charge < -0.3 is 29.3 Å². The number of amides is 1. The number of ether oxygens (including phenoxy) is 3. The second-order valence-corrected chi connectivity index (χ2v) is 7.58. The van der Waals surface area contributed by atoms with Gasteiger partial charge in [-0.05, 0) is 48.7 Å². The Hall–Kier alpha value is -3.52. The number of hydrogen-bond donors (Lipinski definition) is 2. The van der Waals surface area contributed by atoms with Crippen molar-refractivity contribution in [3.63, 3.8) is 0 Å². The second kappa shape index (κ2) is 9.32. The topological polar surface area (TPSA) is 106 Å². The largest absolute Gasteiger partial charge is 0.507 e. The number of aromatic hydroxyl groups is 1. The molecule has 0 spiro atoms. The number of phenols is 1. The Kier molecular flexibility index (Phi) is 6.74. The third kappa shape index (κ3) is 4.01. The molecular formula is C24H27NO7. The standard InChI is InChI=1S/C24H27NO7/c1-13-10-14(2)23(32-5)16(11-13)21(27)19-20(15-6-7-18(31-4)17(26)12-15)25(8-9-30-3)24(29)22(19)28/h6-7,10-12,20,26-27H,8-9H2,1-5H3/b21-19+. The van der Waals surface area contributed by atoms with E-state index in [0.29, 0.717) is 16.9 Å². The van der Waals surface area contributed by atoms with E-state index in [1.165, 1.54) is 32.3 Å². The monoisotopic (exact) mass is 441 g/mol. The zero-order valence-corrected chi connectivity index (χ0v) is 18.8. The van der Waals surface area contributed by atoms with E-state index in [2.05, 4.69) is 0 Å². The Labute approximate surface area is 186 Å². The van der Waals surface area contributed by atoms with Crippen LogP contribution >= 0.6 is 0 Å². The molecule has 3 rings (SSSR count). The van der Waals surface area contributed by atoms with Gasteiger partial charge in [0.05, 0.1) is 38.0 Å². The molecule has 32 heavy (non-hydrogen) atoms. The van der Waals surface area contributed by atoms with Crippen LogP contribution in [0.2, 0.25) is 0 Å². The van der Waals surface area contributed by atoms with Gasteiger partial charge in [0, 0.05) is 13.7 Å². The molecule has 170 valence electrons. The Morgan fingerprint density at radius 1 is 1.06 bits per heavy atom. The van der Waals surface area contributed by atoms with Crippen molar-refractivity contribution in [2.75, 3.05) is 34.5 Å². The Balaban J connectivity index is 2.27. The molecule has 0 saturated carbocycles. The number of methoxy groups -OCH3 is 3. The van der Waals surface area contributed by atoms with Gasteiger partial charge >= 0.3 is 0 Å². The lowest BCUT2D eigenvalue weighted by atomic mass is 9.93. The molecule has 0 aromatic heterocycles. The van der Waals surface area contributed by atoms with Crippen LogP contribution in [-0.2, 0) is 14.3 Å². The number of aryl methyl sites for hydroxylation is 2. The molecule has 0 bridgehead atoms. The molecular weight excluding hydrogens is 414 g/mol. The van der Waals surface area contributed by atoms with Crippen molar-refractivity contribution in [1.82, 2.24) is 4.90 Å². The van der Waals surface area contributed by atoms with Crippen molar-refractivity contribution in [3.05, 3.63) is 58.2 Å². The highest BCUT2D eigenvalue weighted by molar-refractivity contribution is 6.46. The predicted molar refractivity (Wildman–Crippen MR) is 118 cm³/mol. The van der Waals surface area contributed by atoms with Crippen molar-refractivity contribution >= 4 is 17.4 Å². The first kappa shape index (κ1) is 23.1. The van der Waals surface area contributed by atoms with Crippen LogP contribution in [-0.4, -0.2) is 61.3 Å². The second-order valence-electron chi connectivity index (χ2n) is 7.58. The summed E-state index contributed by atoms with van der Waals surface area (Å²) in [6.45, 7) is 4.01. The van der Waals surface area contributed by atoms with Crippen LogP contribution in [0.4, 0.5) is 0 Å². The van der Waals surface area contributed by atoms with Gasteiger partial charge in [-0.15, -0.1) is 0 Å². The van der Waals surface area contributed by atoms with E-state index in [4.69, 9.17) is 14.2 Å². The fraction of sp³-hybridized carbons (Fsp3) is 0.333. The van der Waals surface area contributed by atoms with Crippen LogP contribution < -0.4 is 9.47 Å². The number of benzene rings is 2. The summed E-state index contributed by atoms with van der Waals surface area (Å²) in [5.74, 6) is -1.41. The van der Waals surface area contributed by atoms with Crippen molar-refractivity contribution in [2.24, 2.45) is 0 Å². The minimum atomic E-state index is -0.924. The Bertz CT molecular complexity index is 1090. The number of ketones is 1. The molecule has 2 aromatic carbocycles. The summed E-state index contributed by atoms with van der Waals surface area (Å²) in [4.78, 5) is 27.3. The fourth-order valence-electron chi connectivity index (χ4n) is 4.07. The van der Waals surface area contributed by atoms with E-state index < -0.39 is 17.7 Å². The van der Waals surface area contributed by atoms with E-state index in [0.717, 1.165) is 11.1 Å². The zero-order chi connectivity index (χ0) is 23.6. The van der Waals surface area contributed by atoms with Gasteiger partial charge in [-0.1, -0.05) is 12.1 Å². The van der Waals surface area contributed by atoms with E-state index in [9.17, 15) is 19.8 Å². The van der Waals surface area contributed by atoms with Gasteiger partial charge in [0.2, 0.25) is 0 Å². The van der Waals surface area contributed by atoms with Crippen LogP contribution in [0.15, 0.2) is 35.9 Å². The highest BCUT2D eigenvalue weighted by atomic mass is 16.5.